The fourth-order valence-electron chi connectivity index (χ4n) is 4.48. The van der Waals surface area contributed by atoms with Crippen molar-refractivity contribution in [2.45, 2.75) is 12.2 Å². The molecule has 3 aliphatic rings. The molecule has 5 rings (SSSR count). The summed E-state index contributed by atoms with van der Waals surface area (Å²) in [5, 5.41) is 0. The number of carbonyl (C=O) groups is 2. The number of hydrogen-bond acceptors (Lipinski definition) is 3. The number of fused-ring (bicyclic) bond motifs is 5. The molecule has 2 fully saturated rings. The highest BCUT2D eigenvalue weighted by atomic mass is 16.5. The molecule has 4 nitrogen and oxygen atoms in total. The quantitative estimate of drug-likeness (QED) is 0.635. The Labute approximate surface area is 152 Å². The molecule has 3 heterocycles. The van der Waals surface area contributed by atoms with Crippen molar-refractivity contribution in [3.63, 3.8) is 0 Å². The first kappa shape index (κ1) is 15.5. The fourth-order valence-corrected chi connectivity index (χ4v) is 4.48. The maximum absolute atomic E-state index is 13.2. The second kappa shape index (κ2) is 5.92. The van der Waals surface area contributed by atoms with Gasteiger partial charge in [-0.2, -0.15) is 0 Å². The summed E-state index contributed by atoms with van der Waals surface area (Å²) >= 11 is 0. The van der Waals surface area contributed by atoms with Crippen molar-refractivity contribution in [3.8, 4) is 0 Å². The van der Waals surface area contributed by atoms with Crippen LogP contribution >= 0.6 is 0 Å². The van der Waals surface area contributed by atoms with Gasteiger partial charge in [0.1, 0.15) is 0 Å². The Hall–Kier alpha value is -2.72. The minimum Gasteiger partial charge on any atom is -0.366 e. The van der Waals surface area contributed by atoms with E-state index in [0.29, 0.717) is 41.6 Å². The molecule has 3 aliphatic heterocycles. The van der Waals surface area contributed by atoms with Crippen molar-refractivity contribution in [2.75, 3.05) is 13.1 Å². The topological polar surface area (TPSA) is 46.6 Å². The number of benzene rings is 2. The molecule has 2 saturated heterocycles. The van der Waals surface area contributed by atoms with Gasteiger partial charge < -0.3 is 9.64 Å². The lowest BCUT2D eigenvalue weighted by molar-refractivity contribution is 0.0653. The van der Waals surface area contributed by atoms with E-state index in [-0.39, 0.29) is 23.9 Å². The lowest BCUT2D eigenvalue weighted by atomic mass is 9.86. The summed E-state index contributed by atoms with van der Waals surface area (Å²) in [6, 6.07) is 16.2. The maximum atomic E-state index is 13.2. The molecule has 130 valence electrons. The molecule has 0 aromatic heterocycles. The molecule has 0 spiro atoms. The molecule has 4 heteroatoms. The molecule has 0 radical (unpaired) electrons. The van der Waals surface area contributed by atoms with Crippen LogP contribution in [-0.2, 0) is 4.74 Å². The van der Waals surface area contributed by atoms with Crippen LogP contribution in [0.5, 0.6) is 0 Å². The van der Waals surface area contributed by atoms with Crippen molar-refractivity contribution in [2.24, 2.45) is 11.8 Å². The molecule has 0 N–H and O–H groups in total. The van der Waals surface area contributed by atoms with Crippen LogP contribution in [0.4, 0.5) is 0 Å². The average Bonchev–Trinajstić information content (AvgIpc) is 3.40. The van der Waals surface area contributed by atoms with E-state index in [1.54, 1.807) is 24.3 Å². The molecule has 2 aromatic carbocycles. The first-order chi connectivity index (χ1) is 12.7. The number of carbonyl (C=O) groups excluding carboxylic acids is 2. The van der Waals surface area contributed by atoms with E-state index in [1.807, 2.05) is 35.2 Å². The highest BCUT2D eigenvalue weighted by molar-refractivity contribution is 6.15. The van der Waals surface area contributed by atoms with E-state index in [9.17, 15) is 9.59 Å². The third-order valence-electron chi connectivity index (χ3n) is 5.79. The van der Waals surface area contributed by atoms with Gasteiger partial charge in [0.15, 0.2) is 5.78 Å². The Morgan fingerprint density at radius 3 is 2.04 bits per heavy atom. The van der Waals surface area contributed by atoms with Crippen molar-refractivity contribution in [3.05, 3.63) is 83.4 Å². The number of likely N-dealkylation sites (tertiary alicyclic amines) is 1. The van der Waals surface area contributed by atoms with Gasteiger partial charge in [-0.1, -0.05) is 60.7 Å². The van der Waals surface area contributed by atoms with Gasteiger partial charge in [-0.15, -0.1) is 0 Å². The van der Waals surface area contributed by atoms with Crippen LogP contribution in [0.2, 0.25) is 0 Å². The van der Waals surface area contributed by atoms with E-state index in [1.165, 1.54) is 0 Å². The number of amides is 1. The third kappa shape index (κ3) is 2.33. The van der Waals surface area contributed by atoms with Crippen molar-refractivity contribution in [1.29, 1.82) is 0 Å². The summed E-state index contributed by atoms with van der Waals surface area (Å²) in [4.78, 5) is 28.0. The summed E-state index contributed by atoms with van der Waals surface area (Å²) < 4.78 is 5.89. The van der Waals surface area contributed by atoms with Gasteiger partial charge in [0.2, 0.25) is 0 Å². The molecule has 2 bridgehead atoms. The lowest BCUT2D eigenvalue weighted by Crippen LogP contribution is -2.32. The average molecular weight is 345 g/mol. The van der Waals surface area contributed by atoms with E-state index in [2.05, 4.69) is 12.2 Å². The van der Waals surface area contributed by atoms with E-state index >= 15 is 0 Å². The molecule has 0 unspecified atom stereocenters. The lowest BCUT2D eigenvalue weighted by Gasteiger charge is -2.20. The Balaban J connectivity index is 1.43. The number of hydrogen-bond donors (Lipinski definition) is 0. The fraction of sp³-hybridized carbons (Fsp3) is 0.273. The van der Waals surface area contributed by atoms with Crippen LogP contribution in [-0.4, -0.2) is 41.9 Å². The highest BCUT2D eigenvalue weighted by Crippen LogP contribution is 2.43. The van der Waals surface area contributed by atoms with Crippen LogP contribution < -0.4 is 0 Å². The van der Waals surface area contributed by atoms with E-state index < -0.39 is 0 Å². The van der Waals surface area contributed by atoms with Gasteiger partial charge in [-0.25, -0.2) is 0 Å². The van der Waals surface area contributed by atoms with Gasteiger partial charge in [0, 0.05) is 36.1 Å². The highest BCUT2D eigenvalue weighted by Gasteiger charge is 2.51. The van der Waals surface area contributed by atoms with Gasteiger partial charge >= 0.3 is 0 Å². The zero-order valence-electron chi connectivity index (χ0n) is 14.2. The zero-order chi connectivity index (χ0) is 17.7. The summed E-state index contributed by atoms with van der Waals surface area (Å²) in [5.74, 6) is 0.592. The number of ketones is 1. The molecule has 1 amide bonds. The molecular formula is C22H19NO3. The minimum absolute atomic E-state index is 0.0568. The molecule has 26 heavy (non-hydrogen) atoms. The predicted molar refractivity (Wildman–Crippen MR) is 97.0 cm³/mol. The second-order valence-electron chi connectivity index (χ2n) is 7.23. The predicted octanol–water partition coefficient (Wildman–Crippen LogP) is 2.94. The summed E-state index contributed by atoms with van der Waals surface area (Å²) in [5.41, 5.74) is 1.56. The molecule has 0 aliphatic carbocycles. The summed E-state index contributed by atoms with van der Waals surface area (Å²) in [6.07, 6.45) is 4.52. The van der Waals surface area contributed by atoms with Crippen LogP contribution in [0.1, 0.15) is 26.3 Å². The maximum Gasteiger partial charge on any atom is 0.254 e. The van der Waals surface area contributed by atoms with Crippen molar-refractivity contribution >= 4 is 11.7 Å². The van der Waals surface area contributed by atoms with Crippen LogP contribution in [0.3, 0.4) is 0 Å². The first-order valence-electron chi connectivity index (χ1n) is 9.04. The Bertz CT molecular complexity index is 885. The van der Waals surface area contributed by atoms with Gasteiger partial charge in [-0.3, -0.25) is 9.59 Å². The zero-order valence-corrected chi connectivity index (χ0v) is 14.2. The second-order valence-corrected chi connectivity index (χ2v) is 7.23. The number of rotatable bonds is 3. The van der Waals surface area contributed by atoms with Crippen molar-refractivity contribution in [1.82, 2.24) is 4.90 Å². The number of ether oxygens (including phenoxy) is 1. The summed E-state index contributed by atoms with van der Waals surface area (Å²) in [6.45, 7) is 1.39. The minimum atomic E-state index is -0.112. The third-order valence-corrected chi connectivity index (χ3v) is 5.79. The normalized spacial score (nSPS) is 28.4. The van der Waals surface area contributed by atoms with E-state index in [0.717, 1.165) is 0 Å². The van der Waals surface area contributed by atoms with Gasteiger partial charge in [0.05, 0.1) is 17.8 Å². The Morgan fingerprint density at radius 1 is 0.808 bits per heavy atom. The Morgan fingerprint density at radius 2 is 1.38 bits per heavy atom. The number of nitrogens with zero attached hydrogens (tertiary/aromatic N) is 1. The Kier molecular flexibility index (Phi) is 3.54. The first-order valence-corrected chi connectivity index (χ1v) is 9.04. The largest absolute Gasteiger partial charge is 0.366 e. The SMILES string of the molecule is O=C(c1ccccc1)c1ccccc1C(=O)N1C[C@@H]2[C@@H](C1)[C@H]1C=C[C@H]2O1. The van der Waals surface area contributed by atoms with Crippen LogP contribution in [0, 0.1) is 11.8 Å². The monoisotopic (exact) mass is 345 g/mol. The summed E-state index contributed by atoms with van der Waals surface area (Å²) in [7, 11) is 0. The van der Waals surface area contributed by atoms with Crippen LogP contribution in [0.25, 0.3) is 0 Å². The molecular weight excluding hydrogens is 326 g/mol. The van der Waals surface area contributed by atoms with Gasteiger partial charge in [0.25, 0.3) is 5.91 Å². The molecule has 0 saturated carbocycles. The van der Waals surface area contributed by atoms with Gasteiger partial charge in [-0.05, 0) is 6.07 Å². The van der Waals surface area contributed by atoms with Crippen LogP contribution in [0.15, 0.2) is 66.7 Å². The van der Waals surface area contributed by atoms with Crippen molar-refractivity contribution < 1.29 is 14.3 Å². The smallest absolute Gasteiger partial charge is 0.254 e. The molecule has 4 atom stereocenters. The standard InChI is InChI=1S/C22H19NO3/c24-21(14-6-2-1-3-7-14)15-8-4-5-9-16(15)22(25)23-12-17-18(13-23)20-11-10-19(17)26-20/h1-11,17-20H,12-13H2/t17-,18-,19-,20-/m1/s1. The molecule has 2 aromatic rings. The van der Waals surface area contributed by atoms with E-state index in [4.69, 9.17) is 4.74 Å².